The SMILES string of the molecule is CCC#CCCCC[n+]1ccn(S(=O)(=O)N(C)C)c1. The zero-order chi connectivity index (χ0) is 14.3. The first kappa shape index (κ1) is 15.7. The fourth-order valence-corrected chi connectivity index (χ4v) is 2.38. The summed E-state index contributed by atoms with van der Waals surface area (Å²) in [5.41, 5.74) is 0. The number of rotatable bonds is 6. The van der Waals surface area contributed by atoms with Crippen molar-refractivity contribution in [3.8, 4) is 11.8 Å². The maximum atomic E-state index is 11.9. The molecule has 0 bridgehead atoms. The predicted molar refractivity (Wildman–Crippen MR) is 74.5 cm³/mol. The molecule has 106 valence electrons. The van der Waals surface area contributed by atoms with Crippen LogP contribution in [-0.2, 0) is 16.8 Å². The Morgan fingerprint density at radius 2 is 2.00 bits per heavy atom. The van der Waals surface area contributed by atoms with E-state index in [9.17, 15) is 8.42 Å². The van der Waals surface area contributed by atoms with Gasteiger partial charge in [0.05, 0.1) is 6.54 Å². The molecule has 0 unspecified atom stereocenters. The van der Waals surface area contributed by atoms with Crippen LogP contribution in [0.15, 0.2) is 18.7 Å². The van der Waals surface area contributed by atoms with Crippen LogP contribution in [-0.4, -0.2) is 30.8 Å². The second-order valence-corrected chi connectivity index (χ2v) is 6.48. The Morgan fingerprint density at radius 3 is 2.63 bits per heavy atom. The lowest BCUT2D eigenvalue weighted by molar-refractivity contribution is -0.696. The summed E-state index contributed by atoms with van der Waals surface area (Å²) in [7, 11) is -0.352. The van der Waals surface area contributed by atoms with Gasteiger partial charge in [0.2, 0.25) is 0 Å². The molecule has 0 amide bonds. The molecule has 0 radical (unpaired) electrons. The summed E-state index contributed by atoms with van der Waals surface area (Å²) < 4.78 is 28.0. The van der Waals surface area contributed by atoms with Crippen LogP contribution in [0.1, 0.15) is 32.6 Å². The van der Waals surface area contributed by atoms with E-state index in [1.54, 1.807) is 18.7 Å². The molecule has 0 saturated carbocycles. The molecule has 6 heteroatoms. The predicted octanol–water partition coefficient (Wildman–Crippen LogP) is 1.01. The van der Waals surface area contributed by atoms with Crippen LogP contribution < -0.4 is 4.57 Å². The third kappa shape index (κ3) is 4.69. The number of hydrogen-bond acceptors (Lipinski definition) is 2. The molecule has 19 heavy (non-hydrogen) atoms. The second-order valence-electron chi connectivity index (χ2n) is 4.44. The molecule has 0 aliphatic rings. The van der Waals surface area contributed by atoms with Gasteiger partial charge in [0.15, 0.2) is 0 Å². The van der Waals surface area contributed by atoms with E-state index in [0.29, 0.717) is 0 Å². The van der Waals surface area contributed by atoms with Gasteiger partial charge in [0.25, 0.3) is 6.33 Å². The standard InChI is InChI=1S/C13H22N3O2S/c1-4-5-6-7-8-9-10-15-11-12-16(13-15)19(17,18)14(2)3/h11-13H,4,7-10H2,1-3H3/q+1. The fourth-order valence-electron chi connectivity index (χ4n) is 1.55. The highest BCUT2D eigenvalue weighted by molar-refractivity contribution is 7.87. The third-order valence-electron chi connectivity index (χ3n) is 2.66. The molecular weight excluding hydrogens is 262 g/mol. The van der Waals surface area contributed by atoms with E-state index in [0.717, 1.165) is 32.2 Å². The van der Waals surface area contributed by atoms with E-state index in [1.165, 1.54) is 22.4 Å². The number of unbranched alkanes of at least 4 members (excludes halogenated alkanes) is 2. The first-order valence-electron chi connectivity index (χ1n) is 6.44. The summed E-state index contributed by atoms with van der Waals surface area (Å²) in [6.07, 6.45) is 8.78. The zero-order valence-electron chi connectivity index (χ0n) is 11.8. The van der Waals surface area contributed by atoms with Crippen LogP contribution in [0.2, 0.25) is 0 Å². The lowest BCUT2D eigenvalue weighted by Gasteiger charge is -2.05. The highest BCUT2D eigenvalue weighted by Crippen LogP contribution is 1.99. The van der Waals surface area contributed by atoms with Crippen molar-refractivity contribution >= 4 is 10.2 Å². The van der Waals surface area contributed by atoms with Gasteiger partial charge < -0.3 is 0 Å². The highest BCUT2D eigenvalue weighted by Gasteiger charge is 2.22. The molecule has 1 aromatic rings. The van der Waals surface area contributed by atoms with Crippen molar-refractivity contribution in [2.75, 3.05) is 14.1 Å². The maximum Gasteiger partial charge on any atom is 0.379 e. The Labute approximate surface area is 116 Å². The minimum Gasteiger partial charge on any atom is -0.236 e. The molecular formula is C13H22N3O2S+. The summed E-state index contributed by atoms with van der Waals surface area (Å²) in [5, 5.41) is 0. The Balaban J connectivity index is 2.48. The maximum absolute atomic E-state index is 11.9. The van der Waals surface area contributed by atoms with E-state index in [1.807, 2.05) is 11.5 Å². The summed E-state index contributed by atoms with van der Waals surface area (Å²) in [6.45, 7) is 2.85. The van der Waals surface area contributed by atoms with Crippen molar-refractivity contribution in [1.82, 2.24) is 8.28 Å². The molecule has 0 aliphatic carbocycles. The highest BCUT2D eigenvalue weighted by atomic mass is 32.2. The van der Waals surface area contributed by atoms with Crippen molar-refractivity contribution in [3.05, 3.63) is 18.7 Å². The van der Waals surface area contributed by atoms with E-state index in [-0.39, 0.29) is 0 Å². The van der Waals surface area contributed by atoms with Gasteiger partial charge in [-0.3, -0.25) is 0 Å². The number of imidazole rings is 1. The van der Waals surface area contributed by atoms with Crippen molar-refractivity contribution in [2.45, 2.75) is 39.2 Å². The minimum atomic E-state index is -3.39. The largest absolute Gasteiger partial charge is 0.379 e. The van der Waals surface area contributed by atoms with E-state index < -0.39 is 10.2 Å². The van der Waals surface area contributed by atoms with Gasteiger partial charge in [-0.15, -0.1) is 15.8 Å². The molecule has 1 heterocycles. The van der Waals surface area contributed by atoms with Crippen LogP contribution in [0.5, 0.6) is 0 Å². The van der Waals surface area contributed by atoms with Crippen molar-refractivity contribution in [3.63, 3.8) is 0 Å². The van der Waals surface area contributed by atoms with Gasteiger partial charge in [-0.05, 0) is 12.8 Å². The Morgan fingerprint density at radius 1 is 1.26 bits per heavy atom. The van der Waals surface area contributed by atoms with Gasteiger partial charge >= 0.3 is 10.2 Å². The molecule has 1 rings (SSSR count). The van der Waals surface area contributed by atoms with Crippen LogP contribution in [0, 0.1) is 11.8 Å². The van der Waals surface area contributed by atoms with E-state index >= 15 is 0 Å². The molecule has 0 atom stereocenters. The van der Waals surface area contributed by atoms with Gasteiger partial charge in [-0.1, -0.05) is 6.92 Å². The van der Waals surface area contributed by atoms with Gasteiger partial charge in [0, 0.05) is 26.9 Å². The molecule has 0 aliphatic heterocycles. The zero-order valence-corrected chi connectivity index (χ0v) is 12.7. The molecule has 5 nitrogen and oxygen atoms in total. The topological polar surface area (TPSA) is 46.2 Å². The normalized spacial score (nSPS) is 11.4. The van der Waals surface area contributed by atoms with Crippen LogP contribution in [0.4, 0.5) is 0 Å². The van der Waals surface area contributed by atoms with Gasteiger partial charge in [-0.2, -0.15) is 12.7 Å². The lowest BCUT2D eigenvalue weighted by Crippen LogP contribution is -2.33. The fraction of sp³-hybridized carbons (Fsp3) is 0.615. The summed E-state index contributed by atoms with van der Waals surface area (Å²) in [6, 6.07) is 0. The Hall–Kier alpha value is -1.32. The van der Waals surface area contributed by atoms with Crippen molar-refractivity contribution in [2.24, 2.45) is 0 Å². The minimum absolute atomic E-state index is 0.809. The summed E-state index contributed by atoms with van der Waals surface area (Å²) in [4.78, 5) is 0. The third-order valence-corrected chi connectivity index (χ3v) is 4.34. The number of aromatic nitrogens is 2. The molecule has 0 fully saturated rings. The van der Waals surface area contributed by atoms with Crippen molar-refractivity contribution < 1.29 is 13.0 Å². The van der Waals surface area contributed by atoms with Crippen LogP contribution >= 0.6 is 0 Å². The molecule has 1 aromatic heterocycles. The Kier molecular flexibility index (Phi) is 6.06. The number of aryl methyl sites for hydroxylation is 1. The van der Waals surface area contributed by atoms with Gasteiger partial charge in [0.1, 0.15) is 12.4 Å². The molecule has 0 spiro atoms. The molecule has 0 saturated heterocycles. The summed E-state index contributed by atoms with van der Waals surface area (Å²) in [5.74, 6) is 6.14. The average Bonchev–Trinajstić information content (AvgIpc) is 2.82. The summed E-state index contributed by atoms with van der Waals surface area (Å²) >= 11 is 0. The van der Waals surface area contributed by atoms with Crippen LogP contribution in [0.25, 0.3) is 0 Å². The first-order chi connectivity index (χ1) is 8.98. The first-order valence-corrected chi connectivity index (χ1v) is 7.84. The average molecular weight is 284 g/mol. The Bertz CT molecular complexity index is 550. The lowest BCUT2D eigenvalue weighted by atomic mass is 10.2. The quantitative estimate of drug-likeness (QED) is 0.445. The monoisotopic (exact) mass is 284 g/mol. The second kappa shape index (κ2) is 7.31. The number of nitrogens with zero attached hydrogens (tertiary/aromatic N) is 3. The molecule has 0 N–H and O–H groups in total. The smallest absolute Gasteiger partial charge is 0.236 e. The van der Waals surface area contributed by atoms with Crippen molar-refractivity contribution in [1.29, 1.82) is 0 Å². The molecule has 0 aromatic carbocycles. The van der Waals surface area contributed by atoms with E-state index in [4.69, 9.17) is 0 Å². The van der Waals surface area contributed by atoms with E-state index in [2.05, 4.69) is 11.8 Å². The van der Waals surface area contributed by atoms with Crippen LogP contribution in [0.3, 0.4) is 0 Å². The van der Waals surface area contributed by atoms with Gasteiger partial charge in [-0.25, -0.2) is 4.57 Å². The number of hydrogen-bond donors (Lipinski definition) is 0.